The van der Waals surface area contributed by atoms with Gasteiger partial charge in [0.05, 0.1) is 11.6 Å². The molecule has 0 heterocycles. The van der Waals surface area contributed by atoms with E-state index in [0.717, 1.165) is 30.7 Å². The van der Waals surface area contributed by atoms with Gasteiger partial charge >= 0.3 is 0 Å². The monoisotopic (exact) mass is 299 g/mol. The van der Waals surface area contributed by atoms with E-state index in [9.17, 15) is 0 Å². The summed E-state index contributed by atoms with van der Waals surface area (Å²) in [5.41, 5.74) is 1.03. The maximum absolute atomic E-state index is 6.22. The first-order chi connectivity index (χ1) is 9.20. The van der Waals surface area contributed by atoms with Crippen LogP contribution in [0.1, 0.15) is 31.2 Å². The maximum Gasteiger partial charge on any atom is 0.142 e. The van der Waals surface area contributed by atoms with Crippen LogP contribution in [0.2, 0.25) is 10.0 Å². The van der Waals surface area contributed by atoms with Crippen molar-refractivity contribution in [1.82, 2.24) is 5.32 Å². The van der Waals surface area contributed by atoms with Crippen molar-refractivity contribution in [2.75, 3.05) is 6.61 Å². The minimum absolute atomic E-state index is 0.582. The Morgan fingerprint density at radius 3 is 2.84 bits per heavy atom. The van der Waals surface area contributed by atoms with Gasteiger partial charge in [-0.25, -0.2) is 0 Å². The number of rotatable bonds is 8. The molecule has 19 heavy (non-hydrogen) atoms. The predicted octanol–water partition coefficient (Wildman–Crippen LogP) is 4.59. The van der Waals surface area contributed by atoms with Crippen molar-refractivity contribution in [3.8, 4) is 5.75 Å². The summed E-state index contributed by atoms with van der Waals surface area (Å²) < 4.78 is 5.80. The van der Waals surface area contributed by atoms with Gasteiger partial charge in [-0.2, -0.15) is 0 Å². The highest BCUT2D eigenvalue weighted by Gasteiger charge is 2.21. The molecule has 1 saturated carbocycles. The van der Waals surface area contributed by atoms with Crippen LogP contribution in [-0.2, 0) is 6.54 Å². The third kappa shape index (κ3) is 4.72. The summed E-state index contributed by atoms with van der Waals surface area (Å²) in [5.74, 6) is 0.753. The minimum atomic E-state index is 0.582. The number of nitrogens with one attached hydrogen (secondary N) is 1. The molecule has 0 saturated heterocycles. The summed E-state index contributed by atoms with van der Waals surface area (Å²) in [7, 11) is 0. The van der Waals surface area contributed by atoms with E-state index in [1.807, 2.05) is 12.1 Å². The van der Waals surface area contributed by atoms with Gasteiger partial charge in [0.2, 0.25) is 0 Å². The van der Waals surface area contributed by atoms with Crippen LogP contribution in [0.4, 0.5) is 0 Å². The van der Waals surface area contributed by atoms with Gasteiger partial charge in [-0.05, 0) is 37.8 Å². The van der Waals surface area contributed by atoms with Crippen molar-refractivity contribution in [2.24, 2.45) is 0 Å². The lowest BCUT2D eigenvalue weighted by Gasteiger charge is -2.14. The van der Waals surface area contributed by atoms with Gasteiger partial charge in [0.15, 0.2) is 0 Å². The average Bonchev–Trinajstić information content (AvgIpc) is 3.18. The third-order valence-corrected chi connectivity index (χ3v) is 3.54. The van der Waals surface area contributed by atoms with Crippen LogP contribution < -0.4 is 10.1 Å². The lowest BCUT2D eigenvalue weighted by atomic mass is 10.2. The van der Waals surface area contributed by atoms with E-state index in [1.54, 1.807) is 6.07 Å². The molecule has 1 aromatic rings. The molecule has 2 nitrogen and oxygen atoms in total. The standard InChI is InChI=1S/C15H19Cl2NO/c1-2-3-4-7-19-15-11(10-18-13-5-6-13)8-12(16)9-14(15)17/h2,8-9,13,18H,1,3-7,10H2. The van der Waals surface area contributed by atoms with Crippen LogP contribution in [0.25, 0.3) is 0 Å². The van der Waals surface area contributed by atoms with E-state index in [1.165, 1.54) is 12.8 Å². The quantitative estimate of drug-likeness (QED) is 0.560. The van der Waals surface area contributed by atoms with Crippen LogP contribution >= 0.6 is 23.2 Å². The van der Waals surface area contributed by atoms with Crippen molar-refractivity contribution in [1.29, 1.82) is 0 Å². The molecule has 0 aliphatic heterocycles. The molecule has 1 aliphatic rings. The molecule has 0 spiro atoms. The Balaban J connectivity index is 2.01. The molecular weight excluding hydrogens is 281 g/mol. The lowest BCUT2D eigenvalue weighted by molar-refractivity contribution is 0.308. The van der Waals surface area contributed by atoms with Crippen LogP contribution in [0.5, 0.6) is 5.75 Å². The highest BCUT2D eigenvalue weighted by molar-refractivity contribution is 6.35. The van der Waals surface area contributed by atoms with Gasteiger partial charge in [0.1, 0.15) is 5.75 Å². The van der Waals surface area contributed by atoms with Crippen LogP contribution in [0, 0.1) is 0 Å². The summed E-state index contributed by atoms with van der Waals surface area (Å²) in [6.07, 6.45) is 6.29. The molecule has 0 aromatic heterocycles. The second-order valence-corrected chi connectivity index (χ2v) is 5.65. The first-order valence-electron chi connectivity index (χ1n) is 6.65. The van der Waals surface area contributed by atoms with E-state index in [0.29, 0.717) is 22.7 Å². The molecule has 104 valence electrons. The number of ether oxygens (including phenoxy) is 1. The average molecular weight is 300 g/mol. The minimum Gasteiger partial charge on any atom is -0.492 e. The first-order valence-corrected chi connectivity index (χ1v) is 7.41. The smallest absolute Gasteiger partial charge is 0.142 e. The molecule has 0 unspecified atom stereocenters. The third-order valence-electron chi connectivity index (χ3n) is 3.04. The molecule has 1 aliphatic carbocycles. The topological polar surface area (TPSA) is 21.3 Å². The van der Waals surface area contributed by atoms with Gasteiger partial charge < -0.3 is 10.1 Å². The van der Waals surface area contributed by atoms with Crippen LogP contribution in [0.15, 0.2) is 24.8 Å². The largest absolute Gasteiger partial charge is 0.492 e. The van der Waals surface area contributed by atoms with E-state index in [-0.39, 0.29) is 0 Å². The SMILES string of the molecule is C=CCCCOc1c(Cl)cc(Cl)cc1CNC1CC1. The molecule has 4 heteroatoms. The number of unbranched alkanes of at least 4 members (excludes halogenated alkanes) is 1. The summed E-state index contributed by atoms with van der Waals surface area (Å²) in [6, 6.07) is 4.30. The van der Waals surface area contributed by atoms with Gasteiger partial charge in [0.25, 0.3) is 0 Å². The number of halogens is 2. The van der Waals surface area contributed by atoms with Crippen molar-refractivity contribution in [3.05, 3.63) is 40.4 Å². The van der Waals surface area contributed by atoms with E-state index in [4.69, 9.17) is 27.9 Å². The van der Waals surface area contributed by atoms with Gasteiger partial charge in [0, 0.05) is 23.2 Å². The van der Waals surface area contributed by atoms with Gasteiger partial charge in [-0.3, -0.25) is 0 Å². The van der Waals surface area contributed by atoms with Crippen molar-refractivity contribution in [2.45, 2.75) is 38.3 Å². The van der Waals surface area contributed by atoms with Crippen molar-refractivity contribution >= 4 is 23.2 Å². The zero-order valence-electron chi connectivity index (χ0n) is 10.9. The zero-order chi connectivity index (χ0) is 13.7. The Labute approximate surface area is 124 Å². The fourth-order valence-electron chi connectivity index (χ4n) is 1.85. The van der Waals surface area contributed by atoms with Crippen molar-refractivity contribution in [3.63, 3.8) is 0 Å². The van der Waals surface area contributed by atoms with Crippen LogP contribution in [-0.4, -0.2) is 12.6 Å². The molecule has 0 radical (unpaired) electrons. The Bertz CT molecular complexity index is 444. The second-order valence-electron chi connectivity index (χ2n) is 4.81. The Morgan fingerprint density at radius 2 is 2.16 bits per heavy atom. The number of allylic oxidation sites excluding steroid dienone is 1. The molecule has 0 bridgehead atoms. The Kier molecular flexibility index (Phi) is 5.56. The summed E-state index contributed by atoms with van der Waals surface area (Å²) in [6.45, 7) is 5.09. The summed E-state index contributed by atoms with van der Waals surface area (Å²) in [5, 5.41) is 4.69. The molecule has 1 fully saturated rings. The fraction of sp³-hybridized carbons (Fsp3) is 0.467. The zero-order valence-corrected chi connectivity index (χ0v) is 12.4. The second kappa shape index (κ2) is 7.18. The van der Waals surface area contributed by atoms with E-state index >= 15 is 0 Å². The van der Waals surface area contributed by atoms with E-state index in [2.05, 4.69) is 11.9 Å². The Morgan fingerprint density at radius 1 is 1.37 bits per heavy atom. The molecule has 0 atom stereocenters. The fourth-order valence-corrected chi connectivity index (χ4v) is 2.44. The number of hydrogen-bond donors (Lipinski definition) is 1. The summed E-state index contributed by atoms with van der Waals surface area (Å²) >= 11 is 12.3. The number of hydrogen-bond acceptors (Lipinski definition) is 2. The predicted molar refractivity (Wildman–Crippen MR) is 81.2 cm³/mol. The normalized spacial score (nSPS) is 14.4. The molecular formula is C15H19Cl2NO. The maximum atomic E-state index is 6.22. The van der Waals surface area contributed by atoms with Crippen LogP contribution in [0.3, 0.4) is 0 Å². The molecule has 1 aromatic carbocycles. The van der Waals surface area contributed by atoms with Gasteiger partial charge in [-0.15, -0.1) is 6.58 Å². The summed E-state index contributed by atoms with van der Waals surface area (Å²) in [4.78, 5) is 0. The Hall–Kier alpha value is -0.700. The molecule has 1 N–H and O–H groups in total. The highest BCUT2D eigenvalue weighted by Crippen LogP contribution is 2.33. The highest BCUT2D eigenvalue weighted by atomic mass is 35.5. The lowest BCUT2D eigenvalue weighted by Crippen LogP contribution is -2.16. The van der Waals surface area contributed by atoms with E-state index < -0.39 is 0 Å². The van der Waals surface area contributed by atoms with Crippen molar-refractivity contribution < 1.29 is 4.74 Å². The molecule has 0 amide bonds. The van der Waals surface area contributed by atoms with Gasteiger partial charge in [-0.1, -0.05) is 29.3 Å². The molecule has 2 rings (SSSR count). The first kappa shape index (κ1) is 14.7. The number of benzene rings is 1.